The van der Waals surface area contributed by atoms with E-state index < -0.39 is 0 Å². The second-order valence-electron chi connectivity index (χ2n) is 3.87. The molecule has 2 N–H and O–H groups in total. The lowest BCUT2D eigenvalue weighted by Gasteiger charge is -2.09. The van der Waals surface area contributed by atoms with Crippen LogP contribution in [0.1, 0.15) is 36.9 Å². The van der Waals surface area contributed by atoms with Crippen LogP contribution in [-0.4, -0.2) is 5.75 Å². The molecule has 2 rings (SSSR count). The van der Waals surface area contributed by atoms with Crippen molar-refractivity contribution in [3.05, 3.63) is 29.3 Å². The van der Waals surface area contributed by atoms with Gasteiger partial charge in [0.25, 0.3) is 0 Å². The van der Waals surface area contributed by atoms with Crippen LogP contribution in [0, 0.1) is 0 Å². The van der Waals surface area contributed by atoms with Gasteiger partial charge in [-0.3, -0.25) is 0 Å². The first-order chi connectivity index (χ1) is 6.18. The molecular weight excluding hydrogens is 178 g/mol. The van der Waals surface area contributed by atoms with Gasteiger partial charge < -0.3 is 5.73 Å². The van der Waals surface area contributed by atoms with E-state index in [4.69, 9.17) is 5.73 Å². The number of hydrogen-bond acceptors (Lipinski definition) is 2. The van der Waals surface area contributed by atoms with Crippen LogP contribution in [0.15, 0.2) is 23.1 Å². The molecule has 1 unspecified atom stereocenters. The molecule has 1 nitrogen and oxygen atoms in total. The molecule has 1 aliphatic heterocycles. The Morgan fingerprint density at radius 3 is 2.92 bits per heavy atom. The Hall–Kier alpha value is -0.470. The molecular formula is C11H15NS. The fraction of sp³-hybridized carbons (Fsp3) is 0.455. The second-order valence-corrected chi connectivity index (χ2v) is 4.93. The standard InChI is InChI=1S/C11H15NS/c1-7(2)8-3-4-11-9(5-8)10(12)6-13-11/h3-5,7,10H,6,12H2,1-2H3. The topological polar surface area (TPSA) is 26.0 Å². The number of fused-ring (bicyclic) bond motifs is 1. The summed E-state index contributed by atoms with van der Waals surface area (Å²) in [5, 5.41) is 0. The maximum absolute atomic E-state index is 5.99. The smallest absolute Gasteiger partial charge is 0.0401 e. The maximum atomic E-state index is 5.99. The van der Waals surface area contributed by atoms with Crippen molar-refractivity contribution in [2.75, 3.05) is 5.75 Å². The summed E-state index contributed by atoms with van der Waals surface area (Å²) in [6, 6.07) is 6.94. The van der Waals surface area contributed by atoms with Crippen LogP contribution < -0.4 is 5.73 Å². The molecule has 0 aliphatic carbocycles. The lowest BCUT2D eigenvalue weighted by molar-refractivity contribution is 0.812. The van der Waals surface area contributed by atoms with E-state index in [1.54, 1.807) is 0 Å². The van der Waals surface area contributed by atoms with E-state index in [0.29, 0.717) is 5.92 Å². The van der Waals surface area contributed by atoms with Crippen molar-refractivity contribution >= 4 is 11.8 Å². The van der Waals surface area contributed by atoms with Gasteiger partial charge >= 0.3 is 0 Å². The molecule has 2 heteroatoms. The molecule has 70 valence electrons. The average Bonchev–Trinajstić information content (AvgIpc) is 2.47. The first kappa shape index (κ1) is 9.10. The number of rotatable bonds is 1. The molecule has 1 heterocycles. The third-order valence-electron chi connectivity index (χ3n) is 2.52. The van der Waals surface area contributed by atoms with Crippen molar-refractivity contribution in [1.82, 2.24) is 0 Å². The SMILES string of the molecule is CC(C)c1ccc2c(c1)C(N)CS2. The number of nitrogens with two attached hydrogens (primary N) is 1. The second kappa shape index (κ2) is 3.35. The molecule has 0 bridgehead atoms. The van der Waals surface area contributed by atoms with Crippen molar-refractivity contribution in [3.8, 4) is 0 Å². The molecule has 1 atom stereocenters. The lowest BCUT2D eigenvalue weighted by atomic mass is 9.99. The lowest BCUT2D eigenvalue weighted by Crippen LogP contribution is -2.08. The summed E-state index contributed by atoms with van der Waals surface area (Å²) >= 11 is 1.87. The largest absolute Gasteiger partial charge is 0.323 e. The van der Waals surface area contributed by atoms with Crippen molar-refractivity contribution in [2.45, 2.75) is 30.7 Å². The molecule has 0 radical (unpaired) electrons. The first-order valence-electron chi connectivity index (χ1n) is 4.70. The molecule has 0 aromatic heterocycles. The zero-order valence-corrected chi connectivity index (χ0v) is 8.90. The molecule has 0 saturated heterocycles. The summed E-state index contributed by atoms with van der Waals surface area (Å²) < 4.78 is 0. The number of hydrogen-bond donors (Lipinski definition) is 1. The molecule has 1 aliphatic rings. The minimum Gasteiger partial charge on any atom is -0.323 e. The highest BCUT2D eigenvalue weighted by Gasteiger charge is 2.19. The van der Waals surface area contributed by atoms with E-state index in [1.165, 1.54) is 16.0 Å². The average molecular weight is 193 g/mol. The summed E-state index contributed by atoms with van der Waals surface area (Å²) in [5.41, 5.74) is 8.74. The zero-order valence-electron chi connectivity index (χ0n) is 8.08. The maximum Gasteiger partial charge on any atom is 0.0401 e. The molecule has 0 saturated carbocycles. The van der Waals surface area contributed by atoms with Gasteiger partial charge in [-0.2, -0.15) is 0 Å². The Balaban J connectivity index is 2.42. The van der Waals surface area contributed by atoms with Gasteiger partial charge in [-0.05, 0) is 23.1 Å². The predicted octanol–water partition coefficient (Wildman–Crippen LogP) is 2.92. The van der Waals surface area contributed by atoms with E-state index in [-0.39, 0.29) is 6.04 Å². The Kier molecular flexibility index (Phi) is 2.35. The third-order valence-corrected chi connectivity index (χ3v) is 3.73. The highest BCUT2D eigenvalue weighted by atomic mass is 32.2. The predicted molar refractivity (Wildman–Crippen MR) is 58.2 cm³/mol. The Morgan fingerprint density at radius 1 is 1.46 bits per heavy atom. The highest BCUT2D eigenvalue weighted by Crippen LogP contribution is 2.38. The minimum atomic E-state index is 0.249. The summed E-state index contributed by atoms with van der Waals surface area (Å²) in [4.78, 5) is 1.37. The summed E-state index contributed by atoms with van der Waals surface area (Å²) in [5.74, 6) is 1.64. The van der Waals surface area contributed by atoms with Crippen LogP contribution in [0.4, 0.5) is 0 Å². The van der Waals surface area contributed by atoms with E-state index >= 15 is 0 Å². The van der Waals surface area contributed by atoms with Crippen LogP contribution >= 0.6 is 11.8 Å². The van der Waals surface area contributed by atoms with Crippen LogP contribution in [0.3, 0.4) is 0 Å². The van der Waals surface area contributed by atoms with Gasteiger partial charge in [-0.25, -0.2) is 0 Å². The number of thioether (sulfide) groups is 1. The molecule has 0 amide bonds. The fourth-order valence-corrected chi connectivity index (χ4v) is 2.70. The fourth-order valence-electron chi connectivity index (χ4n) is 1.62. The van der Waals surface area contributed by atoms with Gasteiger partial charge in [0.1, 0.15) is 0 Å². The molecule has 13 heavy (non-hydrogen) atoms. The van der Waals surface area contributed by atoms with Crippen molar-refractivity contribution < 1.29 is 0 Å². The Morgan fingerprint density at radius 2 is 2.23 bits per heavy atom. The van der Waals surface area contributed by atoms with Crippen LogP contribution in [0.5, 0.6) is 0 Å². The van der Waals surface area contributed by atoms with E-state index in [2.05, 4.69) is 32.0 Å². The highest BCUT2D eigenvalue weighted by molar-refractivity contribution is 7.99. The van der Waals surface area contributed by atoms with Gasteiger partial charge in [-0.1, -0.05) is 26.0 Å². The summed E-state index contributed by atoms with van der Waals surface area (Å²) in [6.07, 6.45) is 0. The summed E-state index contributed by atoms with van der Waals surface area (Å²) in [7, 11) is 0. The molecule has 1 aromatic carbocycles. The van der Waals surface area contributed by atoms with Gasteiger partial charge in [-0.15, -0.1) is 11.8 Å². The molecule has 0 spiro atoms. The van der Waals surface area contributed by atoms with Gasteiger partial charge in [0.2, 0.25) is 0 Å². The Bertz CT molecular complexity index is 320. The zero-order chi connectivity index (χ0) is 9.42. The van der Waals surface area contributed by atoms with E-state index in [1.807, 2.05) is 11.8 Å². The number of benzene rings is 1. The van der Waals surface area contributed by atoms with E-state index in [9.17, 15) is 0 Å². The van der Waals surface area contributed by atoms with Gasteiger partial charge in [0.15, 0.2) is 0 Å². The van der Waals surface area contributed by atoms with Gasteiger partial charge in [0.05, 0.1) is 0 Å². The van der Waals surface area contributed by atoms with Gasteiger partial charge in [0, 0.05) is 16.7 Å². The molecule has 0 fully saturated rings. The van der Waals surface area contributed by atoms with Crippen LogP contribution in [-0.2, 0) is 0 Å². The normalized spacial score (nSPS) is 20.8. The van der Waals surface area contributed by atoms with E-state index in [0.717, 1.165) is 5.75 Å². The third kappa shape index (κ3) is 1.61. The monoisotopic (exact) mass is 193 g/mol. The first-order valence-corrected chi connectivity index (χ1v) is 5.69. The van der Waals surface area contributed by atoms with Crippen LogP contribution in [0.25, 0.3) is 0 Å². The van der Waals surface area contributed by atoms with Crippen LogP contribution in [0.2, 0.25) is 0 Å². The van der Waals surface area contributed by atoms with Crippen molar-refractivity contribution in [3.63, 3.8) is 0 Å². The minimum absolute atomic E-state index is 0.249. The van der Waals surface area contributed by atoms with Crippen molar-refractivity contribution in [2.24, 2.45) is 5.73 Å². The summed E-state index contributed by atoms with van der Waals surface area (Å²) in [6.45, 7) is 4.44. The Labute approximate surface area is 83.7 Å². The van der Waals surface area contributed by atoms with Crippen molar-refractivity contribution in [1.29, 1.82) is 0 Å². The quantitative estimate of drug-likeness (QED) is 0.742. The molecule has 1 aromatic rings.